The van der Waals surface area contributed by atoms with Crippen LogP contribution in [0.25, 0.3) is 0 Å². The first-order valence-corrected chi connectivity index (χ1v) is 6.17. The van der Waals surface area contributed by atoms with E-state index in [9.17, 15) is 13.2 Å². The van der Waals surface area contributed by atoms with Crippen LogP contribution < -0.4 is 5.32 Å². The fraction of sp³-hybridized carbons (Fsp3) is 0.571. The second-order valence-electron chi connectivity index (χ2n) is 2.53. The molecule has 0 bridgehead atoms. The zero-order chi connectivity index (χ0) is 11.3. The van der Waals surface area contributed by atoms with Crippen molar-refractivity contribution < 1.29 is 13.2 Å². The second-order valence-corrected chi connectivity index (χ2v) is 5.44. The molecular formula is C7H8ClF3N2S2. The minimum Gasteiger partial charge on any atom is -0.310 e. The molecular weight excluding hydrogens is 269 g/mol. The molecule has 1 aromatic rings. The highest BCUT2D eigenvalue weighted by atomic mass is 35.5. The summed E-state index contributed by atoms with van der Waals surface area (Å²) in [6, 6.07) is 0. The summed E-state index contributed by atoms with van der Waals surface area (Å²) in [5, 5.41) is 3.63. The molecule has 86 valence electrons. The summed E-state index contributed by atoms with van der Waals surface area (Å²) in [5.41, 5.74) is -4.15. The number of thioether (sulfide) groups is 1. The van der Waals surface area contributed by atoms with Crippen molar-refractivity contribution in [2.45, 2.75) is 12.1 Å². The predicted molar refractivity (Wildman–Crippen MR) is 57.3 cm³/mol. The first-order valence-electron chi connectivity index (χ1n) is 3.99. The van der Waals surface area contributed by atoms with E-state index in [4.69, 9.17) is 11.6 Å². The van der Waals surface area contributed by atoms with Crippen molar-refractivity contribution in [2.75, 3.05) is 12.3 Å². The molecule has 0 fully saturated rings. The molecule has 1 N–H and O–H groups in total. The lowest BCUT2D eigenvalue weighted by molar-refractivity contribution is -0.0327. The van der Waals surface area contributed by atoms with Gasteiger partial charge in [0.1, 0.15) is 9.34 Å². The van der Waals surface area contributed by atoms with Gasteiger partial charge in [-0.05, 0) is 11.8 Å². The molecule has 2 nitrogen and oxygen atoms in total. The van der Waals surface area contributed by atoms with E-state index in [2.05, 4.69) is 10.3 Å². The van der Waals surface area contributed by atoms with Crippen LogP contribution in [0.1, 0.15) is 5.01 Å². The summed E-state index contributed by atoms with van der Waals surface area (Å²) in [6.07, 6.45) is 1.52. The molecule has 15 heavy (non-hydrogen) atoms. The predicted octanol–water partition coefficient (Wildman–Crippen LogP) is 3.14. The normalized spacial score (nSPS) is 12.0. The topological polar surface area (TPSA) is 24.9 Å². The number of nitrogens with one attached hydrogen (secondary N) is 1. The van der Waals surface area contributed by atoms with Crippen LogP contribution in [0.4, 0.5) is 13.2 Å². The van der Waals surface area contributed by atoms with Crippen LogP contribution in [0.3, 0.4) is 0 Å². The van der Waals surface area contributed by atoms with E-state index in [1.54, 1.807) is 0 Å². The lowest BCUT2D eigenvalue weighted by Gasteiger charge is -2.05. The maximum absolute atomic E-state index is 11.7. The van der Waals surface area contributed by atoms with Gasteiger partial charge in [0, 0.05) is 18.8 Å². The third-order valence-electron chi connectivity index (χ3n) is 1.35. The molecule has 8 heteroatoms. The Kier molecular flexibility index (Phi) is 5.17. The van der Waals surface area contributed by atoms with Crippen LogP contribution >= 0.6 is 34.7 Å². The highest BCUT2D eigenvalue weighted by Crippen LogP contribution is 2.29. The Morgan fingerprint density at radius 1 is 1.53 bits per heavy atom. The lowest BCUT2D eigenvalue weighted by atomic mass is 10.6. The summed E-state index contributed by atoms with van der Waals surface area (Å²) < 4.78 is 35.7. The van der Waals surface area contributed by atoms with Gasteiger partial charge in [0.25, 0.3) is 0 Å². The number of nitrogens with zero attached hydrogens (tertiary/aromatic N) is 1. The quantitative estimate of drug-likeness (QED) is 0.837. The molecule has 0 aliphatic heterocycles. The largest absolute Gasteiger partial charge is 0.441 e. The minimum absolute atomic E-state index is 0.00259. The fourth-order valence-electron chi connectivity index (χ4n) is 0.804. The molecule has 0 radical (unpaired) electrons. The van der Waals surface area contributed by atoms with Crippen molar-refractivity contribution in [1.29, 1.82) is 0 Å². The van der Waals surface area contributed by atoms with E-state index >= 15 is 0 Å². The van der Waals surface area contributed by atoms with Gasteiger partial charge in [0.05, 0.1) is 6.20 Å². The third kappa shape index (κ3) is 6.24. The van der Waals surface area contributed by atoms with E-state index in [0.29, 0.717) is 17.4 Å². The van der Waals surface area contributed by atoms with E-state index in [1.807, 2.05) is 0 Å². The molecule has 0 amide bonds. The Morgan fingerprint density at radius 3 is 2.80 bits per heavy atom. The summed E-state index contributed by atoms with van der Waals surface area (Å²) in [4.78, 5) is 3.96. The first kappa shape index (κ1) is 13.1. The number of rotatable bonds is 5. The van der Waals surface area contributed by atoms with Gasteiger partial charge in [-0.15, -0.1) is 11.3 Å². The van der Waals surface area contributed by atoms with Crippen molar-refractivity contribution >= 4 is 34.7 Å². The van der Waals surface area contributed by atoms with E-state index in [1.165, 1.54) is 17.5 Å². The number of alkyl halides is 3. The molecule has 0 saturated heterocycles. The van der Waals surface area contributed by atoms with Gasteiger partial charge in [0.2, 0.25) is 0 Å². The monoisotopic (exact) mass is 276 g/mol. The second kappa shape index (κ2) is 5.93. The average molecular weight is 277 g/mol. The Labute approximate surface area is 98.2 Å². The van der Waals surface area contributed by atoms with Crippen molar-refractivity contribution in [3.05, 3.63) is 15.5 Å². The zero-order valence-corrected chi connectivity index (χ0v) is 9.86. The van der Waals surface area contributed by atoms with Crippen LogP contribution in [0, 0.1) is 0 Å². The van der Waals surface area contributed by atoms with Crippen molar-refractivity contribution in [3.8, 4) is 0 Å². The molecule has 0 unspecified atom stereocenters. The Bertz CT molecular complexity index is 303. The minimum atomic E-state index is -4.15. The van der Waals surface area contributed by atoms with Gasteiger partial charge in [-0.1, -0.05) is 11.6 Å². The van der Waals surface area contributed by atoms with Crippen LogP contribution in [0.2, 0.25) is 4.34 Å². The Morgan fingerprint density at radius 2 is 2.27 bits per heavy atom. The van der Waals surface area contributed by atoms with Crippen LogP contribution in [0.15, 0.2) is 6.20 Å². The van der Waals surface area contributed by atoms with Gasteiger partial charge < -0.3 is 5.32 Å². The average Bonchev–Trinajstić information content (AvgIpc) is 2.49. The van der Waals surface area contributed by atoms with Crippen LogP contribution in [-0.2, 0) is 6.54 Å². The van der Waals surface area contributed by atoms with Gasteiger partial charge in [0.15, 0.2) is 0 Å². The van der Waals surface area contributed by atoms with Crippen LogP contribution in [-0.4, -0.2) is 22.8 Å². The Balaban J connectivity index is 2.07. The molecule has 0 spiro atoms. The number of hydrogen-bond acceptors (Lipinski definition) is 4. The van der Waals surface area contributed by atoms with E-state index in [0.717, 1.165) is 5.01 Å². The molecule has 0 aliphatic rings. The van der Waals surface area contributed by atoms with Gasteiger partial charge >= 0.3 is 5.51 Å². The molecule has 1 aromatic heterocycles. The van der Waals surface area contributed by atoms with Gasteiger partial charge in [-0.25, -0.2) is 4.98 Å². The standard InChI is InChI=1S/C7H8ClF3N2S2/c8-5-3-13-6(15-5)4-12-1-2-14-7(9,10)11/h3,12H,1-2,4H2. The highest BCUT2D eigenvalue weighted by Gasteiger charge is 2.27. The van der Waals surface area contributed by atoms with Gasteiger partial charge in [-0.2, -0.15) is 13.2 Å². The third-order valence-corrected chi connectivity index (χ3v) is 3.20. The number of halogens is 4. The number of hydrogen-bond donors (Lipinski definition) is 1. The maximum Gasteiger partial charge on any atom is 0.441 e. The summed E-state index contributed by atoms with van der Waals surface area (Å²) >= 11 is 6.92. The highest BCUT2D eigenvalue weighted by molar-refractivity contribution is 8.00. The molecule has 0 aromatic carbocycles. The first-order chi connectivity index (χ1) is 6.97. The van der Waals surface area contributed by atoms with Gasteiger partial charge in [-0.3, -0.25) is 0 Å². The molecule has 0 aliphatic carbocycles. The maximum atomic E-state index is 11.7. The lowest BCUT2D eigenvalue weighted by Crippen LogP contribution is -2.18. The molecule has 0 atom stereocenters. The van der Waals surface area contributed by atoms with Crippen molar-refractivity contribution in [1.82, 2.24) is 10.3 Å². The van der Waals surface area contributed by atoms with Crippen molar-refractivity contribution in [2.24, 2.45) is 0 Å². The summed E-state index contributed by atoms with van der Waals surface area (Å²) in [7, 11) is 0. The SMILES string of the molecule is FC(F)(F)SCCNCc1ncc(Cl)s1. The molecule has 1 heterocycles. The van der Waals surface area contributed by atoms with Crippen LogP contribution in [0.5, 0.6) is 0 Å². The Hall–Kier alpha value is 0.0200. The molecule has 1 rings (SSSR count). The van der Waals surface area contributed by atoms with E-state index in [-0.39, 0.29) is 17.5 Å². The number of thiazole rings is 1. The van der Waals surface area contributed by atoms with E-state index < -0.39 is 5.51 Å². The smallest absolute Gasteiger partial charge is 0.310 e. The zero-order valence-electron chi connectivity index (χ0n) is 7.47. The van der Waals surface area contributed by atoms with Crippen molar-refractivity contribution in [3.63, 3.8) is 0 Å². The number of aromatic nitrogens is 1. The summed E-state index contributed by atoms with van der Waals surface area (Å²) in [6.45, 7) is 0.747. The summed E-state index contributed by atoms with van der Waals surface area (Å²) in [5.74, 6) is 0.00259. The fourth-order valence-corrected chi connectivity index (χ4v) is 2.21. The molecule has 0 saturated carbocycles.